The molecule has 3 heteroatoms. The molecule has 1 atom stereocenters. The van der Waals surface area contributed by atoms with Gasteiger partial charge >= 0.3 is 5.97 Å². The number of aromatic carboxylic acids is 1. The van der Waals surface area contributed by atoms with Crippen molar-refractivity contribution in [2.24, 2.45) is 5.92 Å². The van der Waals surface area contributed by atoms with E-state index < -0.39 is 5.97 Å². The number of carboxylic acid groups (broad SMARTS) is 1. The first-order chi connectivity index (χ1) is 8.06. The maximum atomic E-state index is 11.0. The summed E-state index contributed by atoms with van der Waals surface area (Å²) in [5, 5.41) is 18.7. The predicted molar refractivity (Wildman–Crippen MR) is 67.5 cm³/mol. The first kappa shape index (κ1) is 13.6. The maximum Gasteiger partial charge on any atom is 0.336 e. The lowest BCUT2D eigenvalue weighted by atomic mass is 9.96. The smallest absolute Gasteiger partial charge is 0.336 e. The van der Waals surface area contributed by atoms with Gasteiger partial charge in [0.1, 0.15) is 5.75 Å². The Bertz CT molecular complexity index is 385. The fourth-order valence-corrected chi connectivity index (χ4v) is 1.87. The van der Waals surface area contributed by atoms with Crippen molar-refractivity contribution in [1.82, 2.24) is 0 Å². The Kier molecular flexibility index (Phi) is 5.01. The molecule has 0 radical (unpaired) electrons. The Morgan fingerprint density at radius 2 is 2.12 bits per heavy atom. The molecule has 0 saturated carbocycles. The van der Waals surface area contributed by atoms with Crippen LogP contribution in [0.2, 0.25) is 0 Å². The molecular weight excluding hydrogens is 216 g/mol. The molecule has 17 heavy (non-hydrogen) atoms. The molecule has 2 N–H and O–H groups in total. The third-order valence-electron chi connectivity index (χ3n) is 3.20. The van der Waals surface area contributed by atoms with E-state index in [0.717, 1.165) is 19.3 Å². The number of carboxylic acids is 1. The van der Waals surface area contributed by atoms with Crippen LogP contribution in [0.25, 0.3) is 0 Å². The number of carbonyl (C=O) groups is 1. The molecule has 0 aromatic heterocycles. The normalized spacial score (nSPS) is 12.4. The minimum absolute atomic E-state index is 0.0917. The molecule has 0 amide bonds. The molecule has 0 fully saturated rings. The van der Waals surface area contributed by atoms with Crippen LogP contribution in [0.3, 0.4) is 0 Å². The van der Waals surface area contributed by atoms with E-state index in [0.29, 0.717) is 17.9 Å². The van der Waals surface area contributed by atoms with Crippen LogP contribution in [0.4, 0.5) is 0 Å². The topological polar surface area (TPSA) is 57.5 Å². The van der Waals surface area contributed by atoms with Gasteiger partial charge in [0.2, 0.25) is 0 Å². The van der Waals surface area contributed by atoms with E-state index in [-0.39, 0.29) is 11.3 Å². The molecule has 0 heterocycles. The molecule has 0 aliphatic rings. The summed E-state index contributed by atoms with van der Waals surface area (Å²) in [6, 6.07) is 4.66. The summed E-state index contributed by atoms with van der Waals surface area (Å²) in [7, 11) is 0. The van der Waals surface area contributed by atoms with Gasteiger partial charge in [-0.15, -0.1) is 0 Å². The summed E-state index contributed by atoms with van der Waals surface area (Å²) < 4.78 is 0. The summed E-state index contributed by atoms with van der Waals surface area (Å²) >= 11 is 0. The van der Waals surface area contributed by atoms with Gasteiger partial charge in [-0.3, -0.25) is 0 Å². The van der Waals surface area contributed by atoms with Crippen LogP contribution >= 0.6 is 0 Å². The van der Waals surface area contributed by atoms with E-state index in [2.05, 4.69) is 13.8 Å². The van der Waals surface area contributed by atoms with Crippen molar-refractivity contribution in [3.63, 3.8) is 0 Å². The number of phenolic OH excluding ortho intramolecular Hbond substituents is 1. The van der Waals surface area contributed by atoms with Gasteiger partial charge in [0.05, 0.1) is 5.56 Å². The van der Waals surface area contributed by atoms with Gasteiger partial charge in [-0.25, -0.2) is 4.79 Å². The van der Waals surface area contributed by atoms with Crippen molar-refractivity contribution >= 4 is 5.97 Å². The fraction of sp³-hybridized carbons (Fsp3) is 0.500. The van der Waals surface area contributed by atoms with Crippen LogP contribution in [0.15, 0.2) is 18.2 Å². The van der Waals surface area contributed by atoms with Crippen molar-refractivity contribution in [3.8, 4) is 5.75 Å². The summed E-state index contributed by atoms with van der Waals surface area (Å²) in [5.74, 6) is -0.234. The second kappa shape index (κ2) is 6.28. The van der Waals surface area contributed by atoms with Crippen LogP contribution in [-0.2, 0) is 6.42 Å². The Balaban J connectivity index is 2.72. The molecule has 0 spiro atoms. The largest absolute Gasteiger partial charge is 0.508 e. The Morgan fingerprint density at radius 1 is 1.41 bits per heavy atom. The Morgan fingerprint density at radius 3 is 2.71 bits per heavy atom. The number of aromatic hydroxyl groups is 1. The van der Waals surface area contributed by atoms with E-state index in [1.54, 1.807) is 18.2 Å². The Labute approximate surface area is 102 Å². The van der Waals surface area contributed by atoms with Crippen molar-refractivity contribution in [1.29, 1.82) is 0 Å². The molecule has 0 aliphatic heterocycles. The number of phenols is 1. The second-order valence-corrected chi connectivity index (χ2v) is 4.51. The van der Waals surface area contributed by atoms with E-state index >= 15 is 0 Å². The van der Waals surface area contributed by atoms with Crippen molar-refractivity contribution in [2.45, 2.75) is 39.5 Å². The zero-order valence-corrected chi connectivity index (χ0v) is 10.4. The summed E-state index contributed by atoms with van der Waals surface area (Å²) in [6.07, 6.45) is 3.72. The number of hydrogen-bond donors (Lipinski definition) is 2. The first-order valence-electron chi connectivity index (χ1n) is 6.10. The Hall–Kier alpha value is -1.51. The highest BCUT2D eigenvalue weighted by molar-refractivity contribution is 5.90. The van der Waals surface area contributed by atoms with E-state index in [4.69, 9.17) is 5.11 Å². The molecule has 94 valence electrons. The maximum absolute atomic E-state index is 11.0. The SMILES string of the molecule is CCC(C)CCCc1c(O)cccc1C(=O)O. The lowest BCUT2D eigenvalue weighted by Crippen LogP contribution is -2.03. The summed E-state index contributed by atoms with van der Waals surface area (Å²) in [6.45, 7) is 4.33. The summed E-state index contributed by atoms with van der Waals surface area (Å²) in [4.78, 5) is 11.0. The highest BCUT2D eigenvalue weighted by Gasteiger charge is 2.13. The van der Waals surface area contributed by atoms with Crippen LogP contribution in [0.1, 0.15) is 49.0 Å². The standard InChI is InChI=1S/C14H20O3/c1-3-10(2)6-4-7-11-12(14(16)17)8-5-9-13(11)15/h5,8-10,15H,3-4,6-7H2,1-2H3,(H,16,17). The molecule has 1 aromatic carbocycles. The van der Waals surface area contributed by atoms with E-state index in [1.165, 1.54) is 0 Å². The van der Waals surface area contributed by atoms with Crippen molar-refractivity contribution in [2.75, 3.05) is 0 Å². The molecule has 3 nitrogen and oxygen atoms in total. The second-order valence-electron chi connectivity index (χ2n) is 4.51. The van der Waals surface area contributed by atoms with Gasteiger partial charge in [-0.05, 0) is 30.9 Å². The van der Waals surface area contributed by atoms with Crippen LogP contribution in [-0.4, -0.2) is 16.2 Å². The molecule has 0 saturated heterocycles. The van der Waals surface area contributed by atoms with Crippen LogP contribution in [0.5, 0.6) is 5.75 Å². The molecule has 1 aromatic rings. The van der Waals surface area contributed by atoms with Gasteiger partial charge in [-0.1, -0.05) is 32.8 Å². The molecule has 0 bridgehead atoms. The minimum Gasteiger partial charge on any atom is -0.508 e. The molecule has 1 rings (SSSR count). The third-order valence-corrected chi connectivity index (χ3v) is 3.20. The monoisotopic (exact) mass is 236 g/mol. The number of benzene rings is 1. The quantitative estimate of drug-likeness (QED) is 0.795. The van der Waals surface area contributed by atoms with Crippen LogP contribution in [0, 0.1) is 5.92 Å². The molecular formula is C14H20O3. The fourth-order valence-electron chi connectivity index (χ4n) is 1.87. The van der Waals surface area contributed by atoms with E-state index in [1.807, 2.05) is 0 Å². The van der Waals surface area contributed by atoms with Crippen LogP contribution < -0.4 is 0 Å². The minimum atomic E-state index is -0.973. The van der Waals surface area contributed by atoms with Crippen molar-refractivity contribution in [3.05, 3.63) is 29.3 Å². The molecule has 0 aliphatic carbocycles. The van der Waals surface area contributed by atoms with Gasteiger partial charge in [-0.2, -0.15) is 0 Å². The lowest BCUT2D eigenvalue weighted by Gasteiger charge is -2.10. The predicted octanol–water partition coefficient (Wildman–Crippen LogP) is 3.46. The zero-order valence-electron chi connectivity index (χ0n) is 10.4. The third kappa shape index (κ3) is 3.77. The first-order valence-corrected chi connectivity index (χ1v) is 6.10. The highest BCUT2D eigenvalue weighted by atomic mass is 16.4. The van der Waals surface area contributed by atoms with Gasteiger partial charge in [0, 0.05) is 5.56 Å². The van der Waals surface area contributed by atoms with Gasteiger partial charge in [0.15, 0.2) is 0 Å². The highest BCUT2D eigenvalue weighted by Crippen LogP contribution is 2.24. The van der Waals surface area contributed by atoms with Gasteiger partial charge < -0.3 is 10.2 Å². The van der Waals surface area contributed by atoms with E-state index in [9.17, 15) is 9.90 Å². The number of hydrogen-bond acceptors (Lipinski definition) is 2. The summed E-state index contributed by atoms with van der Waals surface area (Å²) in [5.41, 5.74) is 0.775. The van der Waals surface area contributed by atoms with Gasteiger partial charge in [0.25, 0.3) is 0 Å². The average molecular weight is 236 g/mol. The number of rotatable bonds is 6. The molecule has 1 unspecified atom stereocenters. The zero-order chi connectivity index (χ0) is 12.8. The lowest BCUT2D eigenvalue weighted by molar-refractivity contribution is 0.0695. The van der Waals surface area contributed by atoms with Crippen molar-refractivity contribution < 1.29 is 15.0 Å². The average Bonchev–Trinajstić information content (AvgIpc) is 2.30.